The van der Waals surface area contributed by atoms with E-state index in [1.54, 1.807) is 0 Å². The highest BCUT2D eigenvalue weighted by atomic mass is 31.0. The molecular formula is C6H12NOP. The van der Waals surface area contributed by atoms with E-state index in [4.69, 9.17) is 5.11 Å². The van der Waals surface area contributed by atoms with Gasteiger partial charge in [-0.1, -0.05) is 5.75 Å². The average molecular weight is 145 g/mol. The molecule has 1 aliphatic heterocycles. The van der Waals surface area contributed by atoms with E-state index in [1.165, 1.54) is 0 Å². The first-order chi connectivity index (χ1) is 4.33. The minimum absolute atomic E-state index is 0.103. The van der Waals surface area contributed by atoms with Crippen LogP contribution in [0.25, 0.3) is 0 Å². The Hall–Kier alpha value is -0.0000000000000000139. The van der Waals surface area contributed by atoms with E-state index in [1.807, 2.05) is 0 Å². The maximum absolute atomic E-state index is 9.05. The number of likely N-dealkylation sites (tertiary alicyclic amines) is 1. The molecule has 0 spiro atoms. The van der Waals surface area contributed by atoms with Crippen LogP contribution in [0, 0.1) is 5.75 Å². The van der Waals surface area contributed by atoms with Crippen LogP contribution in [0.3, 0.4) is 0 Å². The highest BCUT2D eigenvalue weighted by Gasteiger charge is 2.17. The Kier molecular flexibility index (Phi) is 2.56. The number of rotatable bonds is 0. The fraction of sp³-hybridized carbons (Fsp3) is 0.833. The molecule has 1 rings (SSSR count). The maximum Gasteiger partial charge on any atom is 0.0690 e. The first-order valence-corrected chi connectivity index (χ1v) is 4.68. The summed E-state index contributed by atoms with van der Waals surface area (Å²) < 4.78 is 0. The van der Waals surface area contributed by atoms with Gasteiger partial charge in [0.1, 0.15) is 0 Å². The molecule has 1 fully saturated rings. The van der Waals surface area contributed by atoms with Crippen LogP contribution in [0.5, 0.6) is 0 Å². The zero-order chi connectivity index (χ0) is 6.69. The summed E-state index contributed by atoms with van der Waals surface area (Å²) in [6.07, 6.45) is 0.811. The van der Waals surface area contributed by atoms with Gasteiger partial charge in [0.05, 0.1) is 6.10 Å². The molecule has 1 heterocycles. The van der Waals surface area contributed by atoms with Crippen LogP contribution in [0.1, 0.15) is 6.42 Å². The number of aliphatic hydroxyl groups is 1. The molecule has 0 aromatic heterocycles. The normalized spacial score (nSPS) is 28.9. The Balaban J connectivity index is 2.36. The minimum Gasteiger partial charge on any atom is -0.392 e. The number of hydrogen-bond acceptors (Lipinski definition) is 2. The molecule has 2 atom stereocenters. The van der Waals surface area contributed by atoms with Crippen molar-refractivity contribution < 1.29 is 5.11 Å². The van der Waals surface area contributed by atoms with Gasteiger partial charge in [-0.2, -0.15) is 0 Å². The SMILES string of the molecule is C[PH]#CN1CCC(O)C1. The Morgan fingerprint density at radius 3 is 3.00 bits per heavy atom. The molecule has 0 aromatic carbocycles. The second-order valence-corrected chi connectivity index (χ2v) is 2.97. The van der Waals surface area contributed by atoms with Crippen molar-refractivity contribution in [1.82, 2.24) is 4.90 Å². The highest BCUT2D eigenvalue weighted by Crippen LogP contribution is 2.07. The smallest absolute Gasteiger partial charge is 0.0690 e. The number of hydrogen-bond donors (Lipinski definition) is 1. The van der Waals surface area contributed by atoms with Gasteiger partial charge >= 0.3 is 0 Å². The van der Waals surface area contributed by atoms with Crippen LogP contribution in [0.4, 0.5) is 0 Å². The lowest BCUT2D eigenvalue weighted by molar-refractivity contribution is 0.187. The second-order valence-electron chi connectivity index (χ2n) is 2.25. The monoisotopic (exact) mass is 145 g/mol. The molecule has 3 heteroatoms. The lowest BCUT2D eigenvalue weighted by atomic mass is 10.3. The lowest BCUT2D eigenvalue weighted by Crippen LogP contribution is -2.15. The topological polar surface area (TPSA) is 23.5 Å². The first kappa shape index (κ1) is 7.11. The molecule has 1 N–H and O–H groups in total. The molecule has 1 saturated heterocycles. The van der Waals surface area contributed by atoms with Gasteiger partial charge in [-0.15, -0.1) is 8.04 Å². The van der Waals surface area contributed by atoms with E-state index in [0.29, 0.717) is 0 Å². The van der Waals surface area contributed by atoms with Crippen molar-refractivity contribution in [1.29, 1.82) is 0 Å². The van der Waals surface area contributed by atoms with Crippen molar-refractivity contribution in [2.24, 2.45) is 0 Å². The Labute approximate surface area is 56.9 Å². The van der Waals surface area contributed by atoms with Crippen molar-refractivity contribution in [3.05, 3.63) is 0 Å². The van der Waals surface area contributed by atoms with E-state index in [-0.39, 0.29) is 6.10 Å². The standard InChI is InChI=1S/C6H12NOP/c1-9-5-7-3-2-6(8)4-7/h6,8-9H,2-4H2,1H3. The van der Waals surface area contributed by atoms with Crippen LogP contribution in [-0.2, 0) is 0 Å². The Morgan fingerprint density at radius 2 is 2.56 bits per heavy atom. The van der Waals surface area contributed by atoms with Crippen molar-refractivity contribution in [2.45, 2.75) is 12.5 Å². The van der Waals surface area contributed by atoms with Gasteiger partial charge < -0.3 is 5.11 Å². The van der Waals surface area contributed by atoms with Gasteiger partial charge in [0.25, 0.3) is 0 Å². The summed E-state index contributed by atoms with van der Waals surface area (Å²) in [5, 5.41) is 9.05. The molecule has 9 heavy (non-hydrogen) atoms. The van der Waals surface area contributed by atoms with Crippen LogP contribution < -0.4 is 0 Å². The molecule has 52 valence electrons. The lowest BCUT2D eigenvalue weighted by Gasteiger charge is -2.02. The van der Waals surface area contributed by atoms with E-state index < -0.39 is 0 Å². The van der Waals surface area contributed by atoms with Crippen molar-refractivity contribution in [3.63, 3.8) is 0 Å². The number of nitrogens with zero attached hydrogens (tertiary/aromatic N) is 1. The molecule has 0 radical (unpaired) electrons. The van der Waals surface area contributed by atoms with Gasteiger partial charge in [-0.3, -0.25) is 0 Å². The van der Waals surface area contributed by atoms with Gasteiger partial charge in [0.2, 0.25) is 0 Å². The zero-order valence-electron chi connectivity index (χ0n) is 5.59. The zero-order valence-corrected chi connectivity index (χ0v) is 6.59. The van der Waals surface area contributed by atoms with Gasteiger partial charge in [0, 0.05) is 13.1 Å². The number of aliphatic hydroxyl groups excluding tert-OH is 1. The van der Waals surface area contributed by atoms with E-state index >= 15 is 0 Å². The third-order valence-corrected chi connectivity index (χ3v) is 1.97. The van der Waals surface area contributed by atoms with Crippen molar-refractivity contribution >= 4 is 8.04 Å². The molecule has 2 unspecified atom stereocenters. The molecule has 0 aliphatic carbocycles. The summed E-state index contributed by atoms with van der Waals surface area (Å²) in [7, 11) is 0.746. The molecule has 0 amide bonds. The second kappa shape index (κ2) is 3.24. The summed E-state index contributed by atoms with van der Waals surface area (Å²) in [4.78, 5) is 2.07. The van der Waals surface area contributed by atoms with Crippen LogP contribution >= 0.6 is 8.04 Å². The summed E-state index contributed by atoms with van der Waals surface area (Å²) >= 11 is 0. The van der Waals surface area contributed by atoms with E-state index in [2.05, 4.69) is 17.3 Å². The van der Waals surface area contributed by atoms with Crippen LogP contribution in [0.2, 0.25) is 0 Å². The van der Waals surface area contributed by atoms with Crippen molar-refractivity contribution in [2.75, 3.05) is 19.8 Å². The van der Waals surface area contributed by atoms with Gasteiger partial charge in [0.15, 0.2) is 0 Å². The quantitative estimate of drug-likeness (QED) is 0.495. The fourth-order valence-electron chi connectivity index (χ4n) is 1.00. The Morgan fingerprint density at radius 1 is 1.78 bits per heavy atom. The predicted octanol–water partition coefficient (Wildman–Crippen LogP) is 0.278. The third kappa shape index (κ3) is 2.00. The average Bonchev–Trinajstić information content (AvgIpc) is 2.17. The summed E-state index contributed by atoms with van der Waals surface area (Å²) in [6, 6.07) is 0. The highest BCUT2D eigenvalue weighted by molar-refractivity contribution is 7.25. The van der Waals surface area contributed by atoms with E-state index in [9.17, 15) is 0 Å². The van der Waals surface area contributed by atoms with Crippen molar-refractivity contribution in [3.8, 4) is 5.75 Å². The third-order valence-electron chi connectivity index (χ3n) is 1.43. The maximum atomic E-state index is 9.05. The molecule has 0 bridgehead atoms. The molecule has 1 aliphatic rings. The van der Waals surface area contributed by atoms with Crippen LogP contribution in [0.15, 0.2) is 0 Å². The molecule has 0 saturated carbocycles. The summed E-state index contributed by atoms with van der Waals surface area (Å²) in [6.45, 7) is 3.87. The molecule has 0 aromatic rings. The first-order valence-electron chi connectivity index (χ1n) is 3.18. The van der Waals surface area contributed by atoms with Gasteiger partial charge in [-0.05, 0) is 13.1 Å². The minimum atomic E-state index is -0.103. The fourth-order valence-corrected chi connectivity index (χ4v) is 1.52. The molecule has 2 nitrogen and oxygen atoms in total. The summed E-state index contributed by atoms with van der Waals surface area (Å²) in [5.41, 5.74) is 0. The largest absolute Gasteiger partial charge is 0.392 e. The molecular weight excluding hydrogens is 133 g/mol. The summed E-state index contributed by atoms with van der Waals surface area (Å²) in [5.74, 6) is 3.18. The number of β-amino-alcohol motifs (C(OH)–C–C–N with tert-alkyl or cyclic N) is 1. The van der Waals surface area contributed by atoms with Gasteiger partial charge in [-0.25, -0.2) is 4.90 Å². The van der Waals surface area contributed by atoms with E-state index in [0.717, 1.165) is 27.5 Å². The Bertz CT molecular complexity index is 149. The van der Waals surface area contributed by atoms with Crippen LogP contribution in [-0.4, -0.2) is 35.9 Å². The predicted molar refractivity (Wildman–Crippen MR) is 40.3 cm³/mol.